The summed E-state index contributed by atoms with van der Waals surface area (Å²) in [5.41, 5.74) is 0. The summed E-state index contributed by atoms with van der Waals surface area (Å²) in [6.45, 7) is 4.06. The first-order valence-electron chi connectivity index (χ1n) is 29.5. The maximum atomic E-state index is 12.3. The minimum absolute atomic E-state index is 0.0664. The van der Waals surface area contributed by atoms with Crippen LogP contribution in [0.5, 0.6) is 0 Å². The molecule has 5 heteroatoms. The van der Waals surface area contributed by atoms with Gasteiger partial charge in [-0.05, 0) is 64.2 Å². The van der Waals surface area contributed by atoms with Crippen LogP contribution in [0.2, 0.25) is 0 Å². The number of rotatable bonds is 54. The molecule has 68 heavy (non-hydrogen) atoms. The molecule has 0 aromatic rings. The van der Waals surface area contributed by atoms with Gasteiger partial charge in [-0.15, -0.1) is 0 Å². The summed E-state index contributed by atoms with van der Waals surface area (Å²) >= 11 is 0. The summed E-state index contributed by atoms with van der Waals surface area (Å²) in [6.07, 6.45) is 80.2. The van der Waals surface area contributed by atoms with Crippen molar-refractivity contribution < 1.29 is 24.2 Å². The molecule has 0 radical (unpaired) electrons. The van der Waals surface area contributed by atoms with Crippen molar-refractivity contribution in [2.75, 3.05) is 13.2 Å². The van der Waals surface area contributed by atoms with E-state index >= 15 is 0 Å². The highest BCUT2D eigenvalue weighted by Crippen LogP contribution is 2.17. The van der Waals surface area contributed by atoms with Gasteiger partial charge in [-0.25, -0.2) is 0 Å². The van der Waals surface area contributed by atoms with Crippen molar-refractivity contribution in [2.45, 2.75) is 302 Å². The maximum absolute atomic E-state index is 12.3. The fraction of sp³-hybridized carbons (Fsp3) is 0.778. The summed E-state index contributed by atoms with van der Waals surface area (Å²) in [7, 11) is 0. The molecule has 1 N–H and O–H groups in total. The molecule has 0 rings (SSSR count). The number of aliphatic hydroxyl groups is 1. The predicted molar refractivity (Wildman–Crippen MR) is 297 cm³/mol. The number of carbonyl (C=O) groups is 2. The first-order valence-corrected chi connectivity index (χ1v) is 29.5. The second kappa shape index (κ2) is 58.7. The SMILES string of the molecule is CC/C=C\C/C=C\C/C=C\C/C=C\C/C=C\C/C=C\CCCCCCCCCCCCC(=O)OC(CO)COC(=O)CCCCCCCCCCCCCCCCCCCCCCCCCCC. The maximum Gasteiger partial charge on any atom is 0.306 e. The molecule has 1 atom stereocenters. The third-order valence-corrected chi connectivity index (χ3v) is 13.0. The molecule has 0 aliphatic heterocycles. The first kappa shape index (κ1) is 65.3. The lowest BCUT2D eigenvalue weighted by molar-refractivity contribution is -0.161. The molecule has 0 saturated heterocycles. The molecule has 0 spiro atoms. The van der Waals surface area contributed by atoms with Crippen LogP contribution in [0.15, 0.2) is 72.9 Å². The number of carbonyl (C=O) groups excluding carboxylic acids is 2. The molecule has 0 aliphatic carbocycles. The first-order chi connectivity index (χ1) is 33.6. The molecule has 0 saturated carbocycles. The van der Waals surface area contributed by atoms with Crippen molar-refractivity contribution in [3.05, 3.63) is 72.9 Å². The predicted octanol–water partition coefficient (Wildman–Crippen LogP) is 20.0. The molecule has 0 bridgehead atoms. The summed E-state index contributed by atoms with van der Waals surface area (Å²) in [6, 6.07) is 0. The number of unbranched alkanes of at least 4 members (excludes halogenated alkanes) is 34. The Kier molecular flexibility index (Phi) is 56.4. The van der Waals surface area contributed by atoms with Crippen LogP contribution in [0.4, 0.5) is 0 Å². The van der Waals surface area contributed by atoms with E-state index in [1.807, 2.05) is 0 Å². The third-order valence-electron chi connectivity index (χ3n) is 13.0. The van der Waals surface area contributed by atoms with Crippen LogP contribution in [-0.4, -0.2) is 36.4 Å². The van der Waals surface area contributed by atoms with E-state index in [2.05, 4.69) is 86.8 Å². The fourth-order valence-corrected chi connectivity index (χ4v) is 8.62. The zero-order chi connectivity index (χ0) is 49.2. The van der Waals surface area contributed by atoms with Crippen molar-refractivity contribution in [1.82, 2.24) is 0 Å². The van der Waals surface area contributed by atoms with Crippen LogP contribution in [0.3, 0.4) is 0 Å². The normalized spacial score (nSPS) is 12.7. The van der Waals surface area contributed by atoms with Gasteiger partial charge in [-0.1, -0.05) is 292 Å². The monoisotopic (exact) mass is 949 g/mol. The number of allylic oxidation sites excluding steroid dienone is 12. The zero-order valence-corrected chi connectivity index (χ0v) is 45.1. The molecular weight excluding hydrogens is 837 g/mol. The topological polar surface area (TPSA) is 72.8 Å². The minimum atomic E-state index is -0.777. The van der Waals surface area contributed by atoms with E-state index < -0.39 is 6.10 Å². The number of ether oxygens (including phenoxy) is 2. The van der Waals surface area contributed by atoms with Gasteiger partial charge in [0.15, 0.2) is 6.10 Å². The summed E-state index contributed by atoms with van der Waals surface area (Å²) in [4.78, 5) is 24.6. The second-order valence-corrected chi connectivity index (χ2v) is 19.7. The summed E-state index contributed by atoms with van der Waals surface area (Å²) < 4.78 is 10.7. The van der Waals surface area contributed by atoms with Crippen LogP contribution in [-0.2, 0) is 19.1 Å². The van der Waals surface area contributed by atoms with E-state index in [0.29, 0.717) is 12.8 Å². The lowest BCUT2D eigenvalue weighted by Gasteiger charge is -2.15. The highest BCUT2D eigenvalue weighted by molar-refractivity contribution is 5.70. The molecule has 394 valence electrons. The molecule has 0 aromatic heterocycles. The highest BCUT2D eigenvalue weighted by atomic mass is 16.6. The van der Waals surface area contributed by atoms with E-state index in [9.17, 15) is 14.7 Å². The van der Waals surface area contributed by atoms with Crippen LogP contribution in [0.25, 0.3) is 0 Å². The van der Waals surface area contributed by atoms with Crippen LogP contribution >= 0.6 is 0 Å². The largest absolute Gasteiger partial charge is 0.462 e. The van der Waals surface area contributed by atoms with Gasteiger partial charge in [0.2, 0.25) is 0 Å². The lowest BCUT2D eigenvalue weighted by atomic mass is 10.0. The van der Waals surface area contributed by atoms with Gasteiger partial charge in [-0.2, -0.15) is 0 Å². The fourth-order valence-electron chi connectivity index (χ4n) is 8.62. The van der Waals surface area contributed by atoms with Crippen LogP contribution in [0.1, 0.15) is 296 Å². The van der Waals surface area contributed by atoms with Gasteiger partial charge >= 0.3 is 11.9 Å². The standard InChI is InChI=1S/C63H112O5/c1-3-5-7-9-11-13-15-17-19-21-23-25-27-29-30-31-32-34-36-38-40-42-44-46-48-50-52-54-56-58-63(66)68-61(59-64)60-67-62(65)57-55-53-51-49-47-45-43-41-39-37-35-33-28-26-24-22-20-18-16-14-12-10-8-6-4-2/h5,7,11,13,17,19,23,25,29-30,32,34,61,64H,3-4,6,8-10,12,14-16,18,20-22,24,26-28,31,33,35-60H2,1-2H3/b7-5-,13-11-,19-17-,25-23-,30-29-,34-32-. The molecule has 0 aliphatic rings. The van der Waals surface area contributed by atoms with Crippen molar-refractivity contribution in [2.24, 2.45) is 0 Å². The molecular formula is C63H112O5. The summed E-state index contributed by atoms with van der Waals surface area (Å²) in [5, 5.41) is 9.66. The van der Waals surface area contributed by atoms with E-state index in [4.69, 9.17) is 9.47 Å². The van der Waals surface area contributed by atoms with Gasteiger partial charge in [-0.3, -0.25) is 9.59 Å². The lowest BCUT2D eigenvalue weighted by Crippen LogP contribution is -2.28. The Morgan fingerprint density at radius 2 is 0.632 bits per heavy atom. The number of hydrogen-bond donors (Lipinski definition) is 1. The van der Waals surface area contributed by atoms with Crippen molar-refractivity contribution >= 4 is 11.9 Å². The third kappa shape index (κ3) is 55.9. The number of aliphatic hydroxyl groups excluding tert-OH is 1. The number of esters is 2. The van der Waals surface area contributed by atoms with E-state index in [0.717, 1.165) is 77.0 Å². The molecule has 0 amide bonds. The zero-order valence-electron chi connectivity index (χ0n) is 45.1. The van der Waals surface area contributed by atoms with Gasteiger partial charge < -0.3 is 14.6 Å². The Hall–Kier alpha value is -2.66. The van der Waals surface area contributed by atoms with E-state index in [-0.39, 0.29) is 25.2 Å². The molecule has 1 unspecified atom stereocenters. The Bertz CT molecular complexity index is 1210. The van der Waals surface area contributed by atoms with Gasteiger partial charge in [0.25, 0.3) is 0 Å². The Balaban J connectivity index is 3.48. The van der Waals surface area contributed by atoms with Crippen LogP contribution < -0.4 is 0 Å². The number of hydrogen-bond acceptors (Lipinski definition) is 5. The van der Waals surface area contributed by atoms with Gasteiger partial charge in [0.05, 0.1) is 6.61 Å². The minimum Gasteiger partial charge on any atom is -0.462 e. The second-order valence-electron chi connectivity index (χ2n) is 19.7. The Morgan fingerprint density at radius 3 is 0.956 bits per heavy atom. The molecule has 0 fully saturated rings. The van der Waals surface area contributed by atoms with Crippen molar-refractivity contribution in [1.29, 1.82) is 0 Å². The average molecular weight is 950 g/mol. The molecule has 0 heterocycles. The van der Waals surface area contributed by atoms with Gasteiger partial charge in [0, 0.05) is 12.8 Å². The average Bonchev–Trinajstić information content (AvgIpc) is 3.34. The van der Waals surface area contributed by atoms with E-state index in [1.165, 1.54) is 193 Å². The quantitative estimate of drug-likeness (QED) is 0.0374. The Morgan fingerprint density at radius 1 is 0.353 bits per heavy atom. The van der Waals surface area contributed by atoms with Crippen molar-refractivity contribution in [3.63, 3.8) is 0 Å². The van der Waals surface area contributed by atoms with Crippen molar-refractivity contribution in [3.8, 4) is 0 Å². The molecule has 5 nitrogen and oxygen atoms in total. The Labute approximate surface area is 423 Å². The smallest absolute Gasteiger partial charge is 0.306 e. The highest BCUT2D eigenvalue weighted by Gasteiger charge is 2.16. The van der Waals surface area contributed by atoms with Crippen LogP contribution in [0, 0.1) is 0 Å². The van der Waals surface area contributed by atoms with Gasteiger partial charge in [0.1, 0.15) is 6.61 Å². The van der Waals surface area contributed by atoms with E-state index in [1.54, 1.807) is 0 Å². The summed E-state index contributed by atoms with van der Waals surface area (Å²) in [5.74, 6) is -0.584. The molecule has 0 aromatic carbocycles.